The third-order valence-corrected chi connectivity index (χ3v) is 4.49. The number of sulfone groups is 1. The highest BCUT2D eigenvalue weighted by Gasteiger charge is 2.17. The minimum Gasteiger partial charge on any atom is -0.330 e. The molecule has 3 nitrogen and oxygen atoms in total. The predicted molar refractivity (Wildman–Crippen MR) is 51.8 cm³/mol. The van der Waals surface area contributed by atoms with E-state index in [1.54, 1.807) is 6.92 Å². The summed E-state index contributed by atoms with van der Waals surface area (Å²) in [6.45, 7) is 4.24. The third-order valence-electron chi connectivity index (χ3n) is 2.07. The van der Waals surface area contributed by atoms with Crippen LogP contribution in [-0.4, -0.2) is 26.0 Å². The first-order chi connectivity index (χ1) is 5.54. The molecule has 0 heterocycles. The van der Waals surface area contributed by atoms with Crippen molar-refractivity contribution in [3.63, 3.8) is 0 Å². The van der Waals surface area contributed by atoms with Crippen molar-refractivity contribution in [1.82, 2.24) is 0 Å². The first-order valence-corrected chi connectivity index (χ1v) is 6.17. The van der Waals surface area contributed by atoms with Crippen LogP contribution in [0, 0.1) is 0 Å². The fourth-order valence-electron chi connectivity index (χ4n) is 0.903. The Morgan fingerprint density at radius 3 is 2.33 bits per heavy atom. The quantitative estimate of drug-likeness (QED) is 0.639. The molecule has 0 radical (unpaired) electrons. The fraction of sp³-hybridized carbons (Fsp3) is 1.00. The number of hydrogen-bond acceptors (Lipinski definition) is 3. The summed E-state index contributed by atoms with van der Waals surface area (Å²) in [6, 6.07) is 0. The Bertz CT molecular complexity index is 199. The molecule has 0 aromatic carbocycles. The second-order valence-corrected chi connectivity index (χ2v) is 5.62. The zero-order valence-corrected chi connectivity index (χ0v) is 8.73. The molecule has 2 N–H and O–H groups in total. The molecule has 0 aliphatic rings. The van der Waals surface area contributed by atoms with Crippen molar-refractivity contribution in [2.75, 3.05) is 12.3 Å². The van der Waals surface area contributed by atoms with Gasteiger partial charge in [0.05, 0.1) is 11.0 Å². The van der Waals surface area contributed by atoms with Crippen LogP contribution in [0.2, 0.25) is 0 Å². The molecule has 0 saturated carbocycles. The molecule has 0 spiro atoms. The van der Waals surface area contributed by atoms with Gasteiger partial charge in [0.1, 0.15) is 0 Å². The van der Waals surface area contributed by atoms with E-state index in [4.69, 9.17) is 5.73 Å². The minimum atomic E-state index is -2.84. The van der Waals surface area contributed by atoms with E-state index in [1.165, 1.54) is 0 Å². The monoisotopic (exact) mass is 193 g/mol. The van der Waals surface area contributed by atoms with E-state index >= 15 is 0 Å². The largest absolute Gasteiger partial charge is 0.330 e. The molecule has 0 aliphatic heterocycles. The second kappa shape index (κ2) is 5.54. The number of rotatable bonds is 6. The molecular weight excluding hydrogens is 174 g/mol. The van der Waals surface area contributed by atoms with Crippen LogP contribution in [0.1, 0.15) is 33.1 Å². The molecule has 4 heteroatoms. The second-order valence-electron chi connectivity index (χ2n) is 3.08. The lowest BCUT2D eigenvalue weighted by Crippen LogP contribution is -2.20. The first kappa shape index (κ1) is 11.9. The van der Waals surface area contributed by atoms with Gasteiger partial charge in [-0.1, -0.05) is 6.92 Å². The lowest BCUT2D eigenvalue weighted by Gasteiger charge is -2.09. The van der Waals surface area contributed by atoms with E-state index in [9.17, 15) is 8.42 Å². The summed E-state index contributed by atoms with van der Waals surface area (Å²) in [5.41, 5.74) is 5.27. The van der Waals surface area contributed by atoms with E-state index in [1.807, 2.05) is 6.92 Å². The summed E-state index contributed by atoms with van der Waals surface area (Å²) in [5, 5.41) is -0.199. The Kier molecular flexibility index (Phi) is 5.50. The van der Waals surface area contributed by atoms with E-state index in [2.05, 4.69) is 0 Å². The van der Waals surface area contributed by atoms with Gasteiger partial charge in [-0.15, -0.1) is 0 Å². The highest BCUT2D eigenvalue weighted by molar-refractivity contribution is 7.91. The van der Waals surface area contributed by atoms with Crippen LogP contribution in [0.15, 0.2) is 0 Å². The van der Waals surface area contributed by atoms with Crippen molar-refractivity contribution in [2.45, 2.75) is 38.4 Å². The molecule has 0 saturated heterocycles. The Hall–Kier alpha value is -0.0900. The lowest BCUT2D eigenvalue weighted by atomic mass is 10.3. The molecule has 0 rings (SSSR count). The molecule has 1 unspecified atom stereocenters. The van der Waals surface area contributed by atoms with Crippen molar-refractivity contribution in [2.24, 2.45) is 5.73 Å². The van der Waals surface area contributed by atoms with Crippen LogP contribution < -0.4 is 5.73 Å². The van der Waals surface area contributed by atoms with Crippen LogP contribution in [-0.2, 0) is 9.84 Å². The maximum absolute atomic E-state index is 11.4. The summed E-state index contributed by atoms with van der Waals surface area (Å²) >= 11 is 0. The van der Waals surface area contributed by atoms with E-state index < -0.39 is 9.84 Å². The fourth-order valence-corrected chi connectivity index (χ4v) is 2.42. The average Bonchev–Trinajstić information content (AvgIpc) is 2.03. The van der Waals surface area contributed by atoms with E-state index in [0.29, 0.717) is 25.1 Å². The minimum absolute atomic E-state index is 0.199. The molecule has 12 heavy (non-hydrogen) atoms. The Morgan fingerprint density at radius 2 is 1.92 bits per heavy atom. The van der Waals surface area contributed by atoms with Gasteiger partial charge in [0.25, 0.3) is 0 Å². The van der Waals surface area contributed by atoms with Gasteiger partial charge in [-0.3, -0.25) is 0 Å². The summed E-state index contributed by atoms with van der Waals surface area (Å²) < 4.78 is 22.8. The van der Waals surface area contributed by atoms with Gasteiger partial charge in [-0.05, 0) is 32.7 Å². The Morgan fingerprint density at radius 1 is 1.33 bits per heavy atom. The number of nitrogens with two attached hydrogens (primary N) is 1. The SMILES string of the molecule is CCC(C)S(=O)(=O)CCCCN. The third kappa shape index (κ3) is 4.07. The van der Waals surface area contributed by atoms with Crippen molar-refractivity contribution in [3.8, 4) is 0 Å². The zero-order chi connectivity index (χ0) is 9.61. The highest BCUT2D eigenvalue weighted by atomic mass is 32.2. The molecule has 0 fully saturated rings. The highest BCUT2D eigenvalue weighted by Crippen LogP contribution is 2.07. The topological polar surface area (TPSA) is 60.2 Å². The lowest BCUT2D eigenvalue weighted by molar-refractivity contribution is 0.577. The molecular formula is C8H19NO2S. The van der Waals surface area contributed by atoms with Crippen molar-refractivity contribution in [3.05, 3.63) is 0 Å². The van der Waals surface area contributed by atoms with E-state index in [-0.39, 0.29) is 5.25 Å². The molecule has 0 bridgehead atoms. The van der Waals surface area contributed by atoms with Gasteiger partial charge < -0.3 is 5.73 Å². The van der Waals surface area contributed by atoms with Crippen LogP contribution in [0.5, 0.6) is 0 Å². The maximum Gasteiger partial charge on any atom is 0.152 e. The molecule has 0 aromatic heterocycles. The zero-order valence-electron chi connectivity index (χ0n) is 7.91. The number of unbranched alkanes of at least 4 members (excludes halogenated alkanes) is 1. The normalized spacial score (nSPS) is 14.6. The van der Waals surface area contributed by atoms with E-state index in [0.717, 1.165) is 6.42 Å². The van der Waals surface area contributed by atoms with Crippen molar-refractivity contribution >= 4 is 9.84 Å². The van der Waals surface area contributed by atoms with Crippen LogP contribution in [0.3, 0.4) is 0 Å². The molecule has 1 atom stereocenters. The Balaban J connectivity index is 3.88. The van der Waals surface area contributed by atoms with Crippen LogP contribution in [0.25, 0.3) is 0 Å². The summed E-state index contributed by atoms with van der Waals surface area (Å²) in [7, 11) is -2.84. The average molecular weight is 193 g/mol. The van der Waals surface area contributed by atoms with Gasteiger partial charge >= 0.3 is 0 Å². The molecule has 0 aliphatic carbocycles. The first-order valence-electron chi connectivity index (χ1n) is 4.46. The molecule has 0 aromatic rings. The van der Waals surface area contributed by atoms with Gasteiger partial charge in [0.15, 0.2) is 9.84 Å². The van der Waals surface area contributed by atoms with Gasteiger partial charge in [0.2, 0.25) is 0 Å². The van der Waals surface area contributed by atoms with Crippen LogP contribution in [0.4, 0.5) is 0 Å². The molecule has 0 amide bonds. The van der Waals surface area contributed by atoms with Crippen molar-refractivity contribution in [1.29, 1.82) is 0 Å². The molecule has 74 valence electrons. The standard InChI is InChI=1S/C8H19NO2S/c1-3-8(2)12(10,11)7-5-4-6-9/h8H,3-7,9H2,1-2H3. The maximum atomic E-state index is 11.4. The summed E-state index contributed by atoms with van der Waals surface area (Å²) in [6.07, 6.45) is 2.20. The summed E-state index contributed by atoms with van der Waals surface area (Å²) in [4.78, 5) is 0. The van der Waals surface area contributed by atoms with Gasteiger partial charge in [-0.2, -0.15) is 0 Å². The van der Waals surface area contributed by atoms with Gasteiger partial charge in [-0.25, -0.2) is 8.42 Å². The Labute approximate surface area is 75.3 Å². The number of hydrogen-bond donors (Lipinski definition) is 1. The van der Waals surface area contributed by atoms with Gasteiger partial charge in [0, 0.05) is 0 Å². The summed E-state index contributed by atoms with van der Waals surface area (Å²) in [5.74, 6) is 0.291. The predicted octanol–water partition coefficient (Wildman–Crippen LogP) is 0.939. The van der Waals surface area contributed by atoms with Crippen LogP contribution >= 0.6 is 0 Å². The van der Waals surface area contributed by atoms with Crippen molar-refractivity contribution < 1.29 is 8.42 Å². The smallest absolute Gasteiger partial charge is 0.152 e.